The Bertz CT molecular complexity index is 98.6. The summed E-state index contributed by atoms with van der Waals surface area (Å²) in [5.41, 5.74) is 2.53. The molecule has 0 unspecified atom stereocenters. The third-order valence-corrected chi connectivity index (χ3v) is 0.535. The average Bonchev–Trinajstić information content (AvgIpc) is 1.68. The summed E-state index contributed by atoms with van der Waals surface area (Å²) < 4.78 is 0. The van der Waals surface area contributed by atoms with Crippen molar-refractivity contribution in [1.29, 1.82) is 0 Å². The monoisotopic (exact) mass is 114 g/mol. The third kappa shape index (κ3) is 3.36. The van der Waals surface area contributed by atoms with Gasteiger partial charge in [0.2, 0.25) is 0 Å². The molecule has 0 amide bonds. The normalized spacial score (nSPS) is 11.0. The average molecular weight is 114 g/mol. The van der Waals surface area contributed by atoms with E-state index >= 15 is 0 Å². The van der Waals surface area contributed by atoms with Crippen LogP contribution in [0.1, 0.15) is 6.92 Å². The Morgan fingerprint density at radius 2 is 2.50 bits per heavy atom. The smallest absolute Gasteiger partial charge is 0.122 e. The van der Waals surface area contributed by atoms with Gasteiger partial charge in [-0.3, -0.25) is 10.3 Å². The molecule has 1 N–H and O–H groups in total. The fourth-order valence-corrected chi connectivity index (χ4v) is 0.311. The van der Waals surface area contributed by atoms with Crippen LogP contribution in [0, 0.1) is 0 Å². The van der Waals surface area contributed by atoms with E-state index < -0.39 is 0 Å². The van der Waals surface area contributed by atoms with Crippen LogP contribution in [0.15, 0.2) is 17.8 Å². The van der Waals surface area contributed by atoms with Crippen molar-refractivity contribution in [1.82, 2.24) is 5.48 Å². The Kier molecular flexibility index (Phi) is 3.88. The maximum absolute atomic E-state index is 4.53. The molecule has 0 atom stereocenters. The van der Waals surface area contributed by atoms with Crippen molar-refractivity contribution in [2.75, 3.05) is 7.11 Å². The summed E-state index contributed by atoms with van der Waals surface area (Å²) in [6.45, 7) is 5.18. The summed E-state index contributed by atoms with van der Waals surface area (Å²) in [5.74, 6) is 0.697. The van der Waals surface area contributed by atoms with Crippen LogP contribution in [0.2, 0.25) is 0 Å². The number of amidine groups is 1. The number of hydrogen-bond acceptors (Lipinski definition) is 2. The summed E-state index contributed by atoms with van der Waals surface area (Å²) >= 11 is 0. The number of nitrogens with zero attached hydrogens (tertiary/aromatic N) is 1. The Labute approximate surface area is 49.0 Å². The molecule has 0 bridgehead atoms. The maximum atomic E-state index is 4.53. The standard InChI is InChI=1S/C5H10N2O/c1-4-6-5(2)7-8-3/h4H,1H2,2-3H3,(H,6,7). The van der Waals surface area contributed by atoms with E-state index in [4.69, 9.17) is 0 Å². The second-order valence-corrected chi connectivity index (χ2v) is 1.20. The number of hydroxylamine groups is 1. The summed E-state index contributed by atoms with van der Waals surface area (Å²) in [5, 5.41) is 0. The van der Waals surface area contributed by atoms with E-state index in [0.29, 0.717) is 5.84 Å². The molecule has 8 heavy (non-hydrogen) atoms. The van der Waals surface area contributed by atoms with Gasteiger partial charge in [0.25, 0.3) is 0 Å². The molecule has 0 aromatic heterocycles. The first kappa shape index (κ1) is 7.17. The Hall–Kier alpha value is -0.830. The third-order valence-electron chi connectivity index (χ3n) is 0.535. The summed E-state index contributed by atoms with van der Waals surface area (Å²) in [4.78, 5) is 8.29. The zero-order chi connectivity index (χ0) is 6.41. The fourth-order valence-electron chi connectivity index (χ4n) is 0.311. The molecule has 0 saturated heterocycles. The Morgan fingerprint density at radius 1 is 1.88 bits per heavy atom. The zero-order valence-electron chi connectivity index (χ0n) is 5.14. The van der Waals surface area contributed by atoms with Crippen LogP contribution < -0.4 is 5.48 Å². The molecule has 0 heterocycles. The number of rotatable bonds is 2. The molecule has 0 aromatic carbocycles. The van der Waals surface area contributed by atoms with Gasteiger partial charge in [0, 0.05) is 6.20 Å². The van der Waals surface area contributed by atoms with Crippen molar-refractivity contribution in [3.63, 3.8) is 0 Å². The van der Waals surface area contributed by atoms with Gasteiger partial charge in [0.15, 0.2) is 0 Å². The van der Waals surface area contributed by atoms with Gasteiger partial charge in [-0.25, -0.2) is 4.99 Å². The van der Waals surface area contributed by atoms with Crippen molar-refractivity contribution in [3.05, 3.63) is 12.8 Å². The van der Waals surface area contributed by atoms with E-state index in [9.17, 15) is 0 Å². The zero-order valence-corrected chi connectivity index (χ0v) is 5.14. The molecule has 0 fully saturated rings. The van der Waals surface area contributed by atoms with Gasteiger partial charge < -0.3 is 0 Å². The molecule has 0 aromatic rings. The first-order valence-electron chi connectivity index (χ1n) is 2.25. The lowest BCUT2D eigenvalue weighted by Gasteiger charge is -1.97. The van der Waals surface area contributed by atoms with Crippen LogP contribution in [-0.4, -0.2) is 12.9 Å². The van der Waals surface area contributed by atoms with Crippen molar-refractivity contribution < 1.29 is 4.84 Å². The van der Waals surface area contributed by atoms with Crippen molar-refractivity contribution in [2.45, 2.75) is 6.92 Å². The minimum atomic E-state index is 0.697. The first-order chi connectivity index (χ1) is 3.81. The van der Waals surface area contributed by atoms with Gasteiger partial charge >= 0.3 is 0 Å². The Morgan fingerprint density at radius 3 is 2.88 bits per heavy atom. The minimum absolute atomic E-state index is 0.697. The van der Waals surface area contributed by atoms with E-state index in [0.717, 1.165) is 0 Å². The molecule has 46 valence electrons. The molecule has 0 radical (unpaired) electrons. The Balaban J connectivity index is 3.44. The first-order valence-corrected chi connectivity index (χ1v) is 2.25. The van der Waals surface area contributed by atoms with Gasteiger partial charge in [-0.1, -0.05) is 6.58 Å². The highest BCUT2D eigenvalue weighted by atomic mass is 16.6. The van der Waals surface area contributed by atoms with Crippen LogP contribution >= 0.6 is 0 Å². The second-order valence-electron chi connectivity index (χ2n) is 1.20. The van der Waals surface area contributed by atoms with Crippen LogP contribution in [-0.2, 0) is 4.84 Å². The van der Waals surface area contributed by atoms with E-state index in [1.807, 2.05) is 0 Å². The predicted molar refractivity (Wildman–Crippen MR) is 33.5 cm³/mol. The molecule has 0 rings (SSSR count). The minimum Gasteiger partial charge on any atom is -0.278 e. The van der Waals surface area contributed by atoms with Gasteiger partial charge in [0.1, 0.15) is 5.84 Å². The molecule has 0 spiro atoms. The molecular formula is C5H10N2O. The van der Waals surface area contributed by atoms with Crippen LogP contribution in [0.4, 0.5) is 0 Å². The fraction of sp³-hybridized carbons (Fsp3) is 0.400. The molecule has 3 nitrogen and oxygen atoms in total. The summed E-state index contributed by atoms with van der Waals surface area (Å²) in [7, 11) is 1.53. The van der Waals surface area contributed by atoms with E-state index in [1.54, 1.807) is 6.92 Å². The highest BCUT2D eigenvalue weighted by Gasteiger charge is 1.79. The maximum Gasteiger partial charge on any atom is 0.122 e. The van der Waals surface area contributed by atoms with Gasteiger partial charge in [-0.2, -0.15) is 0 Å². The SMILES string of the molecule is C=CN=C(C)NOC. The lowest BCUT2D eigenvalue weighted by atomic mass is 10.7. The second kappa shape index (κ2) is 4.33. The highest BCUT2D eigenvalue weighted by molar-refractivity contribution is 5.78. The van der Waals surface area contributed by atoms with Crippen molar-refractivity contribution >= 4 is 5.84 Å². The van der Waals surface area contributed by atoms with Crippen LogP contribution in [0.5, 0.6) is 0 Å². The van der Waals surface area contributed by atoms with Crippen LogP contribution in [0.25, 0.3) is 0 Å². The van der Waals surface area contributed by atoms with Crippen molar-refractivity contribution in [2.24, 2.45) is 4.99 Å². The van der Waals surface area contributed by atoms with Gasteiger partial charge in [0.05, 0.1) is 7.11 Å². The van der Waals surface area contributed by atoms with Gasteiger partial charge in [-0.05, 0) is 6.92 Å². The number of hydrogen-bond donors (Lipinski definition) is 1. The summed E-state index contributed by atoms with van der Waals surface area (Å²) in [6, 6.07) is 0. The lowest BCUT2D eigenvalue weighted by Crippen LogP contribution is -2.17. The van der Waals surface area contributed by atoms with E-state index in [1.165, 1.54) is 13.3 Å². The largest absolute Gasteiger partial charge is 0.278 e. The van der Waals surface area contributed by atoms with Gasteiger partial charge in [-0.15, -0.1) is 0 Å². The molecular weight excluding hydrogens is 104 g/mol. The predicted octanol–water partition coefficient (Wildman–Crippen LogP) is 0.699. The molecule has 0 saturated carbocycles. The number of nitrogens with one attached hydrogen (secondary N) is 1. The molecule has 0 aliphatic heterocycles. The number of aliphatic imine (C=N–C) groups is 1. The highest BCUT2D eigenvalue weighted by Crippen LogP contribution is 1.71. The van der Waals surface area contributed by atoms with Crippen LogP contribution in [0.3, 0.4) is 0 Å². The summed E-state index contributed by atoms with van der Waals surface area (Å²) in [6.07, 6.45) is 1.45. The molecule has 3 heteroatoms. The molecule has 0 aliphatic rings. The quantitative estimate of drug-likeness (QED) is 0.325. The molecule has 0 aliphatic carbocycles. The van der Waals surface area contributed by atoms with E-state index in [2.05, 4.69) is 21.9 Å². The lowest BCUT2D eigenvalue weighted by molar-refractivity contribution is 0.144. The topological polar surface area (TPSA) is 33.6 Å². The van der Waals surface area contributed by atoms with Crippen molar-refractivity contribution in [3.8, 4) is 0 Å². The van der Waals surface area contributed by atoms with E-state index in [-0.39, 0.29) is 0 Å².